The van der Waals surface area contributed by atoms with E-state index in [9.17, 15) is 22.0 Å². The van der Waals surface area contributed by atoms with E-state index in [1.54, 1.807) is 24.3 Å². The SMILES string of the molecule is Cc1ccc(S(=O)(=O)N2CCC(NC(=O)c3ccc(F)cc3F)CC2)cc1. The second-order valence-electron chi connectivity index (χ2n) is 6.59. The number of carbonyl (C=O) groups excluding carboxylic acids is 1. The smallest absolute Gasteiger partial charge is 0.254 e. The molecule has 1 saturated heterocycles. The maximum absolute atomic E-state index is 13.7. The highest BCUT2D eigenvalue weighted by atomic mass is 32.2. The molecule has 144 valence electrons. The molecule has 2 aromatic carbocycles. The normalized spacial score (nSPS) is 16.3. The summed E-state index contributed by atoms with van der Waals surface area (Å²) in [5, 5.41) is 2.69. The molecule has 2 aromatic rings. The second kappa shape index (κ2) is 7.74. The number of halogens is 2. The summed E-state index contributed by atoms with van der Waals surface area (Å²) >= 11 is 0. The summed E-state index contributed by atoms with van der Waals surface area (Å²) in [6.07, 6.45) is 0.833. The fourth-order valence-corrected chi connectivity index (χ4v) is 4.51. The van der Waals surface area contributed by atoms with E-state index in [0.29, 0.717) is 18.9 Å². The van der Waals surface area contributed by atoms with Gasteiger partial charge in [-0.15, -0.1) is 0 Å². The van der Waals surface area contributed by atoms with Crippen LogP contribution in [0.3, 0.4) is 0 Å². The highest BCUT2D eigenvalue weighted by Crippen LogP contribution is 2.21. The summed E-state index contributed by atoms with van der Waals surface area (Å²) in [5.74, 6) is -2.31. The quantitative estimate of drug-likeness (QED) is 0.867. The van der Waals surface area contributed by atoms with Crippen LogP contribution in [0.4, 0.5) is 8.78 Å². The molecule has 1 aliphatic rings. The lowest BCUT2D eigenvalue weighted by atomic mass is 10.1. The number of benzene rings is 2. The molecule has 0 aromatic heterocycles. The van der Waals surface area contributed by atoms with Crippen LogP contribution in [0.15, 0.2) is 47.4 Å². The molecule has 0 atom stereocenters. The van der Waals surface area contributed by atoms with Gasteiger partial charge in [0.2, 0.25) is 10.0 Å². The van der Waals surface area contributed by atoms with Crippen LogP contribution < -0.4 is 5.32 Å². The first-order valence-electron chi connectivity index (χ1n) is 8.60. The third-order valence-corrected chi connectivity index (χ3v) is 6.54. The number of hydrogen-bond donors (Lipinski definition) is 1. The number of sulfonamides is 1. The Kier molecular flexibility index (Phi) is 5.57. The summed E-state index contributed by atoms with van der Waals surface area (Å²) in [4.78, 5) is 12.4. The van der Waals surface area contributed by atoms with Crippen molar-refractivity contribution in [2.75, 3.05) is 13.1 Å². The average Bonchev–Trinajstić information content (AvgIpc) is 2.62. The average molecular weight is 394 g/mol. The molecule has 5 nitrogen and oxygen atoms in total. The number of nitrogens with zero attached hydrogens (tertiary/aromatic N) is 1. The van der Waals surface area contributed by atoms with Crippen molar-refractivity contribution in [1.29, 1.82) is 0 Å². The molecular weight excluding hydrogens is 374 g/mol. The standard InChI is InChI=1S/C19H20F2N2O3S/c1-13-2-5-16(6-3-13)27(25,26)23-10-8-15(9-11-23)22-19(24)17-7-4-14(20)12-18(17)21/h2-7,12,15H,8-11H2,1H3,(H,22,24). The van der Waals surface area contributed by atoms with E-state index in [4.69, 9.17) is 0 Å². The molecule has 27 heavy (non-hydrogen) atoms. The lowest BCUT2D eigenvalue weighted by molar-refractivity contribution is 0.0919. The van der Waals surface area contributed by atoms with Crippen molar-refractivity contribution in [1.82, 2.24) is 9.62 Å². The summed E-state index contributed by atoms with van der Waals surface area (Å²) in [6.45, 7) is 2.40. The van der Waals surface area contributed by atoms with Gasteiger partial charge in [-0.3, -0.25) is 4.79 Å². The third kappa shape index (κ3) is 4.33. The van der Waals surface area contributed by atoms with Crippen molar-refractivity contribution >= 4 is 15.9 Å². The van der Waals surface area contributed by atoms with Crippen LogP contribution in [0.2, 0.25) is 0 Å². The van der Waals surface area contributed by atoms with Gasteiger partial charge in [-0.25, -0.2) is 17.2 Å². The van der Waals surface area contributed by atoms with E-state index >= 15 is 0 Å². The first-order valence-corrected chi connectivity index (χ1v) is 10.0. The van der Waals surface area contributed by atoms with Gasteiger partial charge in [-0.2, -0.15) is 4.31 Å². The number of aryl methyl sites for hydroxylation is 1. The van der Waals surface area contributed by atoms with Crippen molar-refractivity contribution in [3.63, 3.8) is 0 Å². The molecule has 0 aliphatic carbocycles. The van der Waals surface area contributed by atoms with Crippen molar-refractivity contribution in [3.05, 3.63) is 65.2 Å². The molecule has 1 heterocycles. The van der Waals surface area contributed by atoms with E-state index in [1.807, 2.05) is 6.92 Å². The maximum atomic E-state index is 13.7. The van der Waals surface area contributed by atoms with Crippen molar-refractivity contribution in [3.8, 4) is 0 Å². The number of piperidine rings is 1. The number of hydrogen-bond acceptors (Lipinski definition) is 3. The molecule has 0 saturated carbocycles. The van der Waals surface area contributed by atoms with Gasteiger partial charge in [0.25, 0.3) is 5.91 Å². The maximum Gasteiger partial charge on any atom is 0.254 e. The molecule has 0 bridgehead atoms. The number of nitrogens with one attached hydrogen (secondary N) is 1. The molecule has 0 radical (unpaired) electrons. The lowest BCUT2D eigenvalue weighted by Crippen LogP contribution is -2.46. The highest BCUT2D eigenvalue weighted by Gasteiger charge is 2.30. The summed E-state index contributed by atoms with van der Waals surface area (Å²) in [6, 6.07) is 9.16. The summed E-state index contributed by atoms with van der Waals surface area (Å²) in [7, 11) is -3.58. The van der Waals surface area contributed by atoms with Gasteiger partial charge in [0.05, 0.1) is 10.5 Å². The van der Waals surface area contributed by atoms with Gasteiger partial charge in [-0.1, -0.05) is 17.7 Å². The largest absolute Gasteiger partial charge is 0.349 e. The Hall–Kier alpha value is -2.32. The van der Waals surface area contributed by atoms with Gasteiger partial charge in [0, 0.05) is 25.2 Å². The van der Waals surface area contributed by atoms with Gasteiger partial charge in [0.1, 0.15) is 11.6 Å². The molecule has 8 heteroatoms. The van der Waals surface area contributed by atoms with Crippen molar-refractivity contribution in [2.24, 2.45) is 0 Å². The molecule has 1 aliphatic heterocycles. The van der Waals surface area contributed by atoms with Crippen LogP contribution in [-0.2, 0) is 10.0 Å². The first-order chi connectivity index (χ1) is 12.8. The fourth-order valence-electron chi connectivity index (χ4n) is 3.04. The van der Waals surface area contributed by atoms with E-state index < -0.39 is 27.6 Å². The Morgan fingerprint density at radius 1 is 1.07 bits per heavy atom. The zero-order valence-electron chi connectivity index (χ0n) is 14.8. The van der Waals surface area contributed by atoms with E-state index in [1.165, 1.54) is 4.31 Å². The predicted octanol–water partition coefficient (Wildman–Crippen LogP) is 2.86. The molecule has 0 spiro atoms. The predicted molar refractivity (Wildman–Crippen MR) is 96.8 cm³/mol. The Morgan fingerprint density at radius 3 is 2.30 bits per heavy atom. The first kappa shape index (κ1) is 19.4. The Labute approximate surface area is 157 Å². The van der Waals surface area contributed by atoms with E-state index in [2.05, 4.69) is 5.32 Å². The molecule has 3 rings (SSSR count). The second-order valence-corrected chi connectivity index (χ2v) is 8.53. The molecule has 0 unspecified atom stereocenters. The monoisotopic (exact) mass is 394 g/mol. The minimum absolute atomic E-state index is 0.230. The molecule has 1 amide bonds. The minimum Gasteiger partial charge on any atom is -0.349 e. The topological polar surface area (TPSA) is 66.5 Å². The van der Waals surface area contributed by atoms with Gasteiger partial charge in [-0.05, 0) is 44.0 Å². The lowest BCUT2D eigenvalue weighted by Gasteiger charge is -2.31. The summed E-state index contributed by atoms with van der Waals surface area (Å²) in [5.41, 5.74) is 0.745. The van der Waals surface area contributed by atoms with E-state index in [-0.39, 0.29) is 29.6 Å². The van der Waals surface area contributed by atoms with Gasteiger partial charge in [0.15, 0.2) is 0 Å². The van der Waals surface area contributed by atoms with Crippen LogP contribution >= 0.6 is 0 Å². The van der Waals surface area contributed by atoms with E-state index in [0.717, 1.165) is 17.7 Å². The zero-order chi connectivity index (χ0) is 19.6. The zero-order valence-corrected chi connectivity index (χ0v) is 15.6. The van der Waals surface area contributed by atoms with Crippen LogP contribution in [0.25, 0.3) is 0 Å². The Balaban J connectivity index is 1.61. The van der Waals surface area contributed by atoms with Crippen LogP contribution in [0.1, 0.15) is 28.8 Å². The number of amides is 1. The van der Waals surface area contributed by atoms with Crippen molar-refractivity contribution < 1.29 is 22.0 Å². The third-order valence-electron chi connectivity index (χ3n) is 4.62. The van der Waals surface area contributed by atoms with Gasteiger partial charge >= 0.3 is 0 Å². The molecule has 1 N–H and O–H groups in total. The van der Waals surface area contributed by atoms with Crippen LogP contribution in [-0.4, -0.2) is 37.8 Å². The Morgan fingerprint density at radius 2 is 1.70 bits per heavy atom. The summed E-state index contributed by atoms with van der Waals surface area (Å²) < 4.78 is 53.4. The molecular formula is C19H20F2N2O3S. The van der Waals surface area contributed by atoms with Crippen LogP contribution in [0.5, 0.6) is 0 Å². The highest BCUT2D eigenvalue weighted by molar-refractivity contribution is 7.89. The minimum atomic E-state index is -3.58. The van der Waals surface area contributed by atoms with Crippen LogP contribution in [0, 0.1) is 18.6 Å². The Bertz CT molecular complexity index is 938. The number of rotatable bonds is 4. The van der Waals surface area contributed by atoms with Gasteiger partial charge < -0.3 is 5.32 Å². The molecule has 1 fully saturated rings. The fraction of sp³-hybridized carbons (Fsp3) is 0.316. The number of carbonyl (C=O) groups is 1. The van der Waals surface area contributed by atoms with Crippen molar-refractivity contribution in [2.45, 2.75) is 30.7 Å².